The van der Waals surface area contributed by atoms with Crippen molar-refractivity contribution < 1.29 is 9.53 Å². The molecule has 1 N–H and O–H groups in total. The number of carbonyl (C=O) groups excluding carboxylic acids is 1. The molecule has 0 fully saturated rings. The highest BCUT2D eigenvalue weighted by Crippen LogP contribution is 2.37. The number of benzene rings is 2. The number of ether oxygens (including phenoxy) is 1. The van der Waals surface area contributed by atoms with Gasteiger partial charge in [-0.25, -0.2) is 0 Å². The highest BCUT2D eigenvalue weighted by atomic mass is 79.9. The molecule has 0 radical (unpaired) electrons. The third kappa shape index (κ3) is 2.88. The van der Waals surface area contributed by atoms with Crippen molar-refractivity contribution in [1.29, 1.82) is 0 Å². The van der Waals surface area contributed by atoms with Crippen LogP contribution < -0.4 is 10.1 Å². The molecular weight excluding hydrogens is 368 g/mol. The zero-order chi connectivity index (χ0) is 17.3. The first-order valence-corrected chi connectivity index (χ1v) is 8.87. The molecular formula is C19H21BrN2O2. The largest absolute Gasteiger partial charge is 0.496 e. The van der Waals surface area contributed by atoms with E-state index in [4.69, 9.17) is 4.74 Å². The van der Waals surface area contributed by atoms with Crippen molar-refractivity contribution in [3.63, 3.8) is 0 Å². The minimum atomic E-state index is -0.204. The average Bonchev–Trinajstić information content (AvgIpc) is 2.61. The molecule has 1 aliphatic heterocycles. The predicted molar refractivity (Wildman–Crippen MR) is 99.4 cm³/mol. The van der Waals surface area contributed by atoms with Gasteiger partial charge in [-0.1, -0.05) is 25.1 Å². The number of para-hydroxylation sites is 1. The molecule has 0 saturated carbocycles. The van der Waals surface area contributed by atoms with Crippen LogP contribution in [0.4, 0.5) is 5.69 Å². The van der Waals surface area contributed by atoms with Crippen LogP contribution in [0, 0.1) is 0 Å². The number of nitrogens with zero attached hydrogens (tertiary/aromatic N) is 1. The number of carbonyl (C=O) groups is 1. The third-order valence-corrected chi connectivity index (χ3v) is 5.14. The van der Waals surface area contributed by atoms with Crippen LogP contribution in [0.5, 0.6) is 5.75 Å². The first kappa shape index (κ1) is 16.8. The molecule has 2 aromatic carbocycles. The Morgan fingerprint density at radius 1 is 1.29 bits per heavy atom. The molecule has 0 unspecified atom stereocenters. The summed E-state index contributed by atoms with van der Waals surface area (Å²) in [7, 11) is 1.64. The van der Waals surface area contributed by atoms with Gasteiger partial charge < -0.3 is 15.0 Å². The van der Waals surface area contributed by atoms with Crippen LogP contribution in [-0.4, -0.2) is 24.0 Å². The van der Waals surface area contributed by atoms with Crippen LogP contribution >= 0.6 is 15.9 Å². The van der Waals surface area contributed by atoms with Crippen LogP contribution in [0.15, 0.2) is 46.9 Å². The summed E-state index contributed by atoms with van der Waals surface area (Å²) in [5, 5.41) is 3.52. The second-order valence-corrected chi connectivity index (χ2v) is 6.81. The number of methoxy groups -OCH3 is 1. The average molecular weight is 389 g/mol. The molecule has 3 rings (SSSR count). The highest BCUT2D eigenvalue weighted by Gasteiger charge is 2.35. The molecule has 4 nitrogen and oxygen atoms in total. The van der Waals surface area contributed by atoms with Gasteiger partial charge in [-0.15, -0.1) is 0 Å². The Morgan fingerprint density at radius 2 is 2.04 bits per heavy atom. The molecule has 1 aliphatic rings. The zero-order valence-corrected chi connectivity index (χ0v) is 15.6. The maximum Gasteiger partial charge on any atom is 0.258 e. The van der Waals surface area contributed by atoms with Crippen molar-refractivity contribution >= 4 is 27.5 Å². The smallest absolute Gasteiger partial charge is 0.258 e. The van der Waals surface area contributed by atoms with E-state index < -0.39 is 0 Å². The van der Waals surface area contributed by atoms with E-state index in [-0.39, 0.29) is 18.1 Å². The van der Waals surface area contributed by atoms with Gasteiger partial charge in [0.2, 0.25) is 0 Å². The van der Waals surface area contributed by atoms with Gasteiger partial charge in [-0.3, -0.25) is 4.79 Å². The maximum absolute atomic E-state index is 13.1. The highest BCUT2D eigenvalue weighted by molar-refractivity contribution is 9.10. The Labute approximate surface area is 150 Å². The fourth-order valence-electron chi connectivity index (χ4n) is 3.02. The molecule has 0 spiro atoms. The molecule has 5 heteroatoms. The monoisotopic (exact) mass is 388 g/mol. The first-order valence-electron chi connectivity index (χ1n) is 8.08. The van der Waals surface area contributed by atoms with E-state index in [1.807, 2.05) is 47.4 Å². The summed E-state index contributed by atoms with van der Waals surface area (Å²) in [5.74, 6) is 0.840. The molecule has 24 heavy (non-hydrogen) atoms. The third-order valence-electron chi connectivity index (χ3n) is 4.52. The van der Waals surface area contributed by atoms with Gasteiger partial charge in [0, 0.05) is 11.7 Å². The van der Waals surface area contributed by atoms with E-state index in [1.54, 1.807) is 7.11 Å². The van der Waals surface area contributed by atoms with Gasteiger partial charge >= 0.3 is 0 Å². The fourth-order valence-corrected chi connectivity index (χ4v) is 3.58. The number of fused-ring (bicyclic) bond motifs is 1. The number of nitrogens with one attached hydrogen (secondary N) is 1. The normalized spacial score (nSPS) is 17.9. The second kappa shape index (κ2) is 6.85. The Morgan fingerprint density at radius 3 is 2.71 bits per heavy atom. The standard InChI is InChI=1S/C19H21BrN2O2/c1-4-12(2)22-18(13-9-10-17(24-3)15(20)11-13)21-16-8-6-5-7-14(16)19(22)23/h5-12,18,21H,4H2,1-3H3/t12-,18+/m1/s1. The van der Waals surface area contributed by atoms with Crippen LogP contribution in [0.25, 0.3) is 0 Å². The summed E-state index contributed by atoms with van der Waals surface area (Å²) >= 11 is 3.54. The molecule has 2 atom stereocenters. The number of rotatable bonds is 4. The Hall–Kier alpha value is -2.01. The first-order chi connectivity index (χ1) is 11.6. The van der Waals surface area contributed by atoms with E-state index in [1.165, 1.54) is 0 Å². The van der Waals surface area contributed by atoms with E-state index >= 15 is 0 Å². The van der Waals surface area contributed by atoms with Crippen LogP contribution in [0.3, 0.4) is 0 Å². The minimum absolute atomic E-state index is 0.0654. The molecule has 126 valence electrons. The van der Waals surface area contributed by atoms with Gasteiger partial charge in [0.25, 0.3) is 5.91 Å². The summed E-state index contributed by atoms with van der Waals surface area (Å²) in [6.45, 7) is 4.18. The van der Waals surface area contributed by atoms with Crippen molar-refractivity contribution in [2.45, 2.75) is 32.5 Å². The van der Waals surface area contributed by atoms with E-state index in [9.17, 15) is 4.79 Å². The van der Waals surface area contributed by atoms with Crippen molar-refractivity contribution in [2.24, 2.45) is 0 Å². The lowest BCUT2D eigenvalue weighted by molar-refractivity contribution is 0.0593. The number of halogens is 1. The fraction of sp³-hybridized carbons (Fsp3) is 0.316. The van der Waals surface area contributed by atoms with Crippen LogP contribution in [-0.2, 0) is 0 Å². The Bertz CT molecular complexity index is 763. The number of hydrogen-bond acceptors (Lipinski definition) is 3. The predicted octanol–water partition coefficient (Wildman–Crippen LogP) is 4.82. The van der Waals surface area contributed by atoms with Crippen molar-refractivity contribution in [2.75, 3.05) is 12.4 Å². The van der Waals surface area contributed by atoms with E-state index in [0.717, 1.165) is 33.5 Å². The number of anilines is 1. The SMILES string of the molecule is CC[C@@H](C)N1C(=O)c2ccccc2N[C@@H]1c1ccc(OC)c(Br)c1. The van der Waals surface area contributed by atoms with E-state index in [2.05, 4.69) is 35.1 Å². The lowest BCUT2D eigenvalue weighted by Gasteiger charge is -2.41. The second-order valence-electron chi connectivity index (χ2n) is 5.96. The quantitative estimate of drug-likeness (QED) is 0.815. The zero-order valence-electron chi connectivity index (χ0n) is 14.0. The van der Waals surface area contributed by atoms with Crippen molar-refractivity contribution in [3.05, 3.63) is 58.1 Å². The summed E-state index contributed by atoms with van der Waals surface area (Å²) in [6, 6.07) is 13.7. The maximum atomic E-state index is 13.1. The summed E-state index contributed by atoms with van der Waals surface area (Å²) in [4.78, 5) is 15.0. The molecule has 0 bridgehead atoms. The molecule has 0 aliphatic carbocycles. The molecule has 2 aromatic rings. The molecule has 1 amide bonds. The molecule has 1 heterocycles. The Kier molecular flexibility index (Phi) is 4.81. The Balaban J connectivity index is 2.07. The van der Waals surface area contributed by atoms with Gasteiger partial charge in [-0.2, -0.15) is 0 Å². The van der Waals surface area contributed by atoms with E-state index in [0.29, 0.717) is 0 Å². The summed E-state index contributed by atoms with van der Waals surface area (Å²) < 4.78 is 6.19. The summed E-state index contributed by atoms with van der Waals surface area (Å²) in [6.07, 6.45) is 0.688. The minimum Gasteiger partial charge on any atom is -0.496 e. The van der Waals surface area contributed by atoms with Crippen LogP contribution in [0.2, 0.25) is 0 Å². The molecule has 0 aromatic heterocycles. The van der Waals surface area contributed by atoms with Gasteiger partial charge in [0.15, 0.2) is 0 Å². The summed E-state index contributed by atoms with van der Waals surface area (Å²) in [5.41, 5.74) is 2.62. The van der Waals surface area contributed by atoms with Crippen LogP contribution in [0.1, 0.15) is 42.4 Å². The van der Waals surface area contributed by atoms with Gasteiger partial charge in [0.05, 0.1) is 17.1 Å². The van der Waals surface area contributed by atoms with Gasteiger partial charge in [0.1, 0.15) is 11.9 Å². The molecule has 0 saturated heterocycles. The lowest BCUT2D eigenvalue weighted by atomic mass is 10.0. The van der Waals surface area contributed by atoms with Crippen molar-refractivity contribution in [3.8, 4) is 5.75 Å². The number of hydrogen-bond donors (Lipinski definition) is 1. The van der Waals surface area contributed by atoms with Crippen molar-refractivity contribution in [1.82, 2.24) is 4.90 Å². The lowest BCUT2D eigenvalue weighted by Crippen LogP contribution is -2.47. The van der Waals surface area contributed by atoms with Gasteiger partial charge in [-0.05, 0) is 59.1 Å². The topological polar surface area (TPSA) is 41.6 Å². The number of amides is 1.